The Kier molecular flexibility index (Phi) is 4.94. The monoisotopic (exact) mass is 415 g/mol. The lowest BCUT2D eigenvalue weighted by atomic mass is 9.76. The average Bonchev–Trinajstić information content (AvgIpc) is 3.33. The number of imidazole rings is 1. The molecular formula is C26H29N3O2. The van der Waals surface area contributed by atoms with Gasteiger partial charge in [-0.25, -0.2) is 4.98 Å². The number of aromatic amines is 1. The topological polar surface area (TPSA) is 67.0 Å². The molecule has 0 spiro atoms. The van der Waals surface area contributed by atoms with Crippen LogP contribution in [0.3, 0.4) is 0 Å². The first kappa shape index (κ1) is 20.0. The number of fused-ring (bicyclic) bond motifs is 2. The van der Waals surface area contributed by atoms with Crippen LogP contribution in [0.5, 0.6) is 0 Å². The Hall–Kier alpha value is -2.92. The quantitative estimate of drug-likeness (QED) is 0.632. The second kappa shape index (κ2) is 7.65. The van der Waals surface area contributed by atoms with Crippen molar-refractivity contribution in [3.63, 3.8) is 0 Å². The van der Waals surface area contributed by atoms with Crippen molar-refractivity contribution in [2.24, 2.45) is 5.41 Å². The van der Waals surface area contributed by atoms with Gasteiger partial charge in [0.1, 0.15) is 0 Å². The zero-order valence-corrected chi connectivity index (χ0v) is 18.4. The summed E-state index contributed by atoms with van der Waals surface area (Å²) >= 11 is 0. The molecule has 2 aromatic rings. The number of rotatable bonds is 4. The number of anilines is 1. The van der Waals surface area contributed by atoms with Gasteiger partial charge in [-0.15, -0.1) is 0 Å². The maximum atomic E-state index is 12.8. The number of amides is 1. The van der Waals surface area contributed by atoms with Crippen molar-refractivity contribution in [1.29, 1.82) is 0 Å². The molecule has 2 aliphatic heterocycles. The molecule has 5 rings (SSSR count). The van der Waals surface area contributed by atoms with Crippen LogP contribution in [0.15, 0.2) is 48.7 Å². The van der Waals surface area contributed by atoms with Crippen LogP contribution in [0.2, 0.25) is 0 Å². The van der Waals surface area contributed by atoms with Gasteiger partial charge in [-0.3, -0.25) is 4.79 Å². The van der Waals surface area contributed by atoms with E-state index < -0.39 is 0 Å². The normalized spacial score (nSPS) is 24.0. The maximum absolute atomic E-state index is 12.8. The molecular weight excluding hydrogens is 386 g/mol. The molecule has 1 aliphatic carbocycles. The van der Waals surface area contributed by atoms with E-state index in [1.807, 2.05) is 13.0 Å². The SMILES string of the molecule is Cc1cnc(C(=O)Nc2ccc(C3=C[C@H]4C=C[C@@H](C3)O4)cc2C2=CCC(C)(C)CC2)[nH]1. The fourth-order valence-electron chi connectivity index (χ4n) is 4.58. The van der Waals surface area contributed by atoms with E-state index in [9.17, 15) is 4.79 Å². The second-order valence-electron chi connectivity index (χ2n) is 9.65. The van der Waals surface area contributed by atoms with Crippen molar-refractivity contribution in [2.45, 2.75) is 58.7 Å². The van der Waals surface area contributed by atoms with E-state index in [4.69, 9.17) is 4.74 Å². The lowest BCUT2D eigenvalue weighted by molar-refractivity contribution is 0.0829. The Morgan fingerprint density at radius 1 is 1.26 bits per heavy atom. The number of nitrogens with zero attached hydrogens (tertiary/aromatic N) is 1. The van der Waals surface area contributed by atoms with Crippen LogP contribution >= 0.6 is 0 Å². The van der Waals surface area contributed by atoms with Gasteiger partial charge in [-0.2, -0.15) is 0 Å². The minimum Gasteiger partial charge on any atom is -0.362 e. The summed E-state index contributed by atoms with van der Waals surface area (Å²) in [6, 6.07) is 6.38. The summed E-state index contributed by atoms with van der Waals surface area (Å²) in [5.41, 5.74) is 6.95. The molecule has 0 saturated heterocycles. The van der Waals surface area contributed by atoms with Gasteiger partial charge in [-0.05, 0) is 66.5 Å². The van der Waals surface area contributed by atoms with Crippen molar-refractivity contribution < 1.29 is 9.53 Å². The summed E-state index contributed by atoms with van der Waals surface area (Å²) in [5, 5.41) is 3.09. The summed E-state index contributed by atoms with van der Waals surface area (Å²) in [4.78, 5) is 20.0. The molecule has 160 valence electrons. The van der Waals surface area contributed by atoms with Crippen LogP contribution in [0.4, 0.5) is 5.69 Å². The molecule has 0 saturated carbocycles. The predicted molar refractivity (Wildman–Crippen MR) is 124 cm³/mol. The highest BCUT2D eigenvalue weighted by molar-refractivity contribution is 6.03. The van der Waals surface area contributed by atoms with E-state index in [1.165, 1.54) is 16.7 Å². The largest absolute Gasteiger partial charge is 0.362 e. The summed E-state index contributed by atoms with van der Waals surface area (Å²) in [6.45, 7) is 6.52. The molecule has 0 unspecified atom stereocenters. The molecule has 3 heterocycles. The Bertz CT molecular complexity index is 1120. The molecule has 3 aliphatic rings. The molecule has 1 aromatic heterocycles. The van der Waals surface area contributed by atoms with E-state index >= 15 is 0 Å². The number of nitrogens with one attached hydrogen (secondary N) is 2. The molecule has 2 bridgehead atoms. The third kappa shape index (κ3) is 4.15. The van der Waals surface area contributed by atoms with Gasteiger partial charge in [0.05, 0.1) is 12.2 Å². The van der Waals surface area contributed by atoms with Gasteiger partial charge in [0.2, 0.25) is 0 Å². The number of allylic oxidation sites excluding steroid dienone is 2. The fraction of sp³-hybridized carbons (Fsp3) is 0.385. The van der Waals surface area contributed by atoms with Gasteiger partial charge in [0.25, 0.3) is 5.91 Å². The summed E-state index contributed by atoms with van der Waals surface area (Å²) in [7, 11) is 0. The highest BCUT2D eigenvalue weighted by Crippen LogP contribution is 2.41. The van der Waals surface area contributed by atoms with E-state index in [2.05, 4.69) is 65.6 Å². The minimum absolute atomic E-state index is 0.0773. The number of carbonyl (C=O) groups excluding carboxylic acids is 1. The number of hydrogen-bond acceptors (Lipinski definition) is 3. The van der Waals surface area contributed by atoms with Crippen LogP contribution in [-0.4, -0.2) is 28.1 Å². The van der Waals surface area contributed by atoms with Crippen LogP contribution in [-0.2, 0) is 4.74 Å². The number of aryl methyl sites for hydroxylation is 1. The van der Waals surface area contributed by atoms with Crippen LogP contribution in [0.25, 0.3) is 11.1 Å². The first-order chi connectivity index (χ1) is 14.9. The number of ether oxygens (including phenoxy) is 1. The highest BCUT2D eigenvalue weighted by Gasteiger charge is 2.27. The third-order valence-corrected chi connectivity index (χ3v) is 6.51. The number of H-pyrrole nitrogens is 1. The van der Waals surface area contributed by atoms with Crippen molar-refractivity contribution in [3.05, 3.63) is 71.3 Å². The summed E-state index contributed by atoms with van der Waals surface area (Å²) < 4.78 is 5.88. The standard InChI is InChI=1S/C26H29N3O2/c1-16-15-27-24(28-16)25(30)29-23-7-4-18(19-12-20-5-6-21(13-19)31-20)14-22(23)17-8-10-26(2,3)11-9-17/h4-8,12,14-15,20-21H,9-11,13H2,1-3H3,(H,27,28)(H,29,30)/t20-,21+/m1/s1. The van der Waals surface area contributed by atoms with E-state index in [0.29, 0.717) is 11.2 Å². The van der Waals surface area contributed by atoms with Crippen molar-refractivity contribution in [3.8, 4) is 0 Å². The van der Waals surface area contributed by atoms with Gasteiger partial charge >= 0.3 is 0 Å². The van der Waals surface area contributed by atoms with Crippen LogP contribution in [0, 0.1) is 12.3 Å². The maximum Gasteiger partial charge on any atom is 0.291 e. The van der Waals surface area contributed by atoms with Gasteiger partial charge in [0, 0.05) is 29.6 Å². The molecule has 2 N–H and O–H groups in total. The minimum atomic E-state index is -0.216. The smallest absolute Gasteiger partial charge is 0.291 e. The Morgan fingerprint density at radius 2 is 2.13 bits per heavy atom. The molecule has 31 heavy (non-hydrogen) atoms. The first-order valence-electron chi connectivity index (χ1n) is 11.1. The first-order valence-corrected chi connectivity index (χ1v) is 11.1. The molecule has 5 nitrogen and oxygen atoms in total. The zero-order chi connectivity index (χ0) is 21.6. The molecule has 0 radical (unpaired) electrons. The van der Waals surface area contributed by atoms with Crippen molar-refractivity contribution >= 4 is 22.7 Å². The summed E-state index contributed by atoms with van der Waals surface area (Å²) in [5.74, 6) is 0.118. The lowest BCUT2D eigenvalue weighted by Gasteiger charge is -2.30. The fourth-order valence-corrected chi connectivity index (χ4v) is 4.58. The van der Waals surface area contributed by atoms with Crippen LogP contribution < -0.4 is 5.32 Å². The molecule has 1 aromatic carbocycles. The van der Waals surface area contributed by atoms with E-state index in [-0.39, 0.29) is 18.1 Å². The number of hydrogen-bond donors (Lipinski definition) is 2. The predicted octanol–water partition coefficient (Wildman–Crippen LogP) is 5.67. The molecule has 5 heteroatoms. The van der Waals surface area contributed by atoms with E-state index in [1.54, 1.807) is 6.20 Å². The Labute approximate surface area is 183 Å². The number of aromatic nitrogens is 2. The van der Waals surface area contributed by atoms with Crippen LogP contribution in [0.1, 0.15) is 67.0 Å². The Morgan fingerprint density at radius 3 is 2.84 bits per heavy atom. The molecule has 1 amide bonds. The van der Waals surface area contributed by atoms with Crippen molar-refractivity contribution in [1.82, 2.24) is 9.97 Å². The number of benzene rings is 1. The molecule has 2 atom stereocenters. The molecule has 0 fully saturated rings. The third-order valence-electron chi connectivity index (χ3n) is 6.51. The van der Waals surface area contributed by atoms with Crippen molar-refractivity contribution in [2.75, 3.05) is 5.32 Å². The Balaban J connectivity index is 1.49. The average molecular weight is 416 g/mol. The van der Waals surface area contributed by atoms with Gasteiger partial charge in [-0.1, -0.05) is 38.1 Å². The van der Waals surface area contributed by atoms with Gasteiger partial charge < -0.3 is 15.0 Å². The van der Waals surface area contributed by atoms with E-state index in [0.717, 1.165) is 42.6 Å². The number of carbonyl (C=O) groups is 1. The lowest BCUT2D eigenvalue weighted by Crippen LogP contribution is -2.18. The highest BCUT2D eigenvalue weighted by atomic mass is 16.5. The second-order valence-corrected chi connectivity index (χ2v) is 9.65. The van der Waals surface area contributed by atoms with Gasteiger partial charge in [0.15, 0.2) is 5.82 Å². The summed E-state index contributed by atoms with van der Waals surface area (Å²) in [6.07, 6.45) is 14.8. The zero-order valence-electron chi connectivity index (χ0n) is 18.4.